The molecule has 5 heterocycles. The topological polar surface area (TPSA) is 127 Å². The first-order chi connectivity index (χ1) is 16.1. The van der Waals surface area contributed by atoms with E-state index in [1.165, 1.54) is 0 Å². The summed E-state index contributed by atoms with van der Waals surface area (Å²) in [6, 6.07) is 8.18. The zero-order chi connectivity index (χ0) is 22.5. The zero-order valence-electron chi connectivity index (χ0n) is 18.2. The molecule has 1 amide bonds. The Labute approximate surface area is 189 Å². The van der Waals surface area contributed by atoms with Crippen molar-refractivity contribution in [3.63, 3.8) is 0 Å². The Bertz CT molecular complexity index is 1360. The van der Waals surface area contributed by atoms with Crippen LogP contribution in [0.15, 0.2) is 36.7 Å². The van der Waals surface area contributed by atoms with Crippen molar-refractivity contribution >= 4 is 28.4 Å². The van der Waals surface area contributed by atoms with Crippen LogP contribution < -0.4 is 16.0 Å². The second-order valence-electron chi connectivity index (χ2n) is 8.44. The highest BCUT2D eigenvalue weighted by Gasteiger charge is 2.28. The summed E-state index contributed by atoms with van der Waals surface area (Å²) in [5.74, 6) is 1.56. The number of aromatic nitrogens is 5. The van der Waals surface area contributed by atoms with Crippen LogP contribution in [0.5, 0.6) is 0 Å². The molecular formula is C23H24N8O2. The van der Waals surface area contributed by atoms with E-state index in [0.29, 0.717) is 26.2 Å². The number of carbonyl (C=O) groups is 1. The predicted molar refractivity (Wildman–Crippen MR) is 124 cm³/mol. The van der Waals surface area contributed by atoms with E-state index in [0.717, 1.165) is 57.2 Å². The number of hydrogen-bond donors (Lipinski definition) is 3. The zero-order valence-corrected chi connectivity index (χ0v) is 18.2. The summed E-state index contributed by atoms with van der Waals surface area (Å²) in [6.07, 6.45) is 3.83. The Kier molecular flexibility index (Phi) is 4.63. The number of carbonyl (C=O) groups excluding carboxylic acids is 1. The summed E-state index contributed by atoms with van der Waals surface area (Å²) in [5.41, 5.74) is 11.3. The fraction of sp³-hybridized carbons (Fsp3) is 0.304. The molecule has 0 spiro atoms. The first kappa shape index (κ1) is 19.9. The van der Waals surface area contributed by atoms with Gasteiger partial charge in [0, 0.05) is 30.2 Å². The van der Waals surface area contributed by atoms with Crippen LogP contribution in [0.1, 0.15) is 18.1 Å². The molecule has 0 bridgehead atoms. The number of benzene rings is 1. The third-order valence-corrected chi connectivity index (χ3v) is 6.42. The van der Waals surface area contributed by atoms with Crippen molar-refractivity contribution in [2.75, 3.05) is 30.0 Å². The predicted octanol–water partition coefficient (Wildman–Crippen LogP) is 1.99. The minimum atomic E-state index is -0.0207. The van der Waals surface area contributed by atoms with Gasteiger partial charge in [-0.1, -0.05) is 12.1 Å². The maximum absolute atomic E-state index is 12.3. The molecule has 6 rings (SSSR count). The number of fused-ring (bicyclic) bond motifs is 2. The van der Waals surface area contributed by atoms with E-state index in [-0.39, 0.29) is 11.9 Å². The van der Waals surface area contributed by atoms with Gasteiger partial charge in [0.1, 0.15) is 5.82 Å². The molecule has 4 N–H and O–H groups in total. The van der Waals surface area contributed by atoms with Crippen LogP contribution in [0.2, 0.25) is 0 Å². The quantitative estimate of drug-likeness (QED) is 0.439. The number of pyridine rings is 1. The van der Waals surface area contributed by atoms with E-state index in [2.05, 4.69) is 44.6 Å². The van der Waals surface area contributed by atoms with Gasteiger partial charge in [-0.3, -0.25) is 9.89 Å². The number of nitrogens with one attached hydrogen (secondary N) is 2. The molecule has 0 unspecified atom stereocenters. The van der Waals surface area contributed by atoms with Crippen LogP contribution in [0.4, 0.5) is 11.5 Å². The molecule has 1 atom stereocenters. The van der Waals surface area contributed by atoms with E-state index >= 15 is 0 Å². The third kappa shape index (κ3) is 3.18. The van der Waals surface area contributed by atoms with E-state index in [4.69, 9.17) is 15.5 Å². The number of morpholine rings is 1. The number of anilines is 2. The van der Waals surface area contributed by atoms with Gasteiger partial charge in [0.25, 0.3) is 0 Å². The van der Waals surface area contributed by atoms with Gasteiger partial charge in [-0.05, 0) is 35.2 Å². The molecule has 10 heteroatoms. The normalized spacial score (nSPS) is 18.1. The molecule has 3 aromatic heterocycles. The van der Waals surface area contributed by atoms with Crippen LogP contribution in [0, 0.1) is 0 Å². The number of hydrogen-bond acceptors (Lipinski definition) is 7. The molecule has 1 fully saturated rings. The second-order valence-corrected chi connectivity index (χ2v) is 8.44. The highest BCUT2D eigenvalue weighted by atomic mass is 16.5. The SMILES string of the molecule is C[C@@H]1COCCN1c1cc(-c2ccc(CN)c3c2CC(=O)N3)c2cnn(-c3ccn[nH]3)c2n1. The van der Waals surface area contributed by atoms with Crippen LogP contribution in [-0.2, 0) is 22.5 Å². The molecule has 1 saturated heterocycles. The van der Waals surface area contributed by atoms with E-state index in [1.807, 2.05) is 18.3 Å². The Balaban J connectivity index is 1.61. The molecule has 0 aliphatic carbocycles. The minimum absolute atomic E-state index is 0.0207. The third-order valence-electron chi connectivity index (χ3n) is 6.42. The number of aromatic amines is 1. The van der Waals surface area contributed by atoms with Crippen LogP contribution in [0.3, 0.4) is 0 Å². The van der Waals surface area contributed by atoms with Crippen LogP contribution >= 0.6 is 0 Å². The molecule has 33 heavy (non-hydrogen) atoms. The fourth-order valence-electron chi connectivity index (χ4n) is 4.77. The largest absolute Gasteiger partial charge is 0.377 e. The Morgan fingerprint density at radius 3 is 2.97 bits per heavy atom. The molecule has 2 aliphatic heterocycles. The first-order valence-electron chi connectivity index (χ1n) is 11.0. The molecule has 0 radical (unpaired) electrons. The summed E-state index contributed by atoms with van der Waals surface area (Å²) < 4.78 is 7.41. The highest BCUT2D eigenvalue weighted by molar-refractivity contribution is 6.05. The van der Waals surface area contributed by atoms with Gasteiger partial charge in [0.15, 0.2) is 11.5 Å². The van der Waals surface area contributed by atoms with Crippen molar-refractivity contribution in [1.82, 2.24) is 25.0 Å². The number of rotatable bonds is 4. The average molecular weight is 444 g/mol. The lowest BCUT2D eigenvalue weighted by Crippen LogP contribution is -2.44. The Hall–Kier alpha value is -3.76. The Morgan fingerprint density at radius 1 is 1.27 bits per heavy atom. The van der Waals surface area contributed by atoms with Gasteiger partial charge in [-0.15, -0.1) is 0 Å². The van der Waals surface area contributed by atoms with Gasteiger partial charge < -0.3 is 20.7 Å². The van der Waals surface area contributed by atoms with Gasteiger partial charge in [-0.25, -0.2) is 4.98 Å². The van der Waals surface area contributed by atoms with Gasteiger partial charge >= 0.3 is 0 Å². The monoisotopic (exact) mass is 444 g/mol. The average Bonchev–Trinajstić information content (AvgIpc) is 3.57. The maximum Gasteiger partial charge on any atom is 0.228 e. The number of nitrogens with two attached hydrogens (primary N) is 1. The number of H-pyrrole nitrogens is 1. The second kappa shape index (κ2) is 7.68. The van der Waals surface area contributed by atoms with Crippen molar-refractivity contribution < 1.29 is 9.53 Å². The molecule has 0 saturated carbocycles. The summed E-state index contributed by atoms with van der Waals surface area (Å²) in [4.78, 5) is 19.6. The summed E-state index contributed by atoms with van der Waals surface area (Å²) in [6.45, 7) is 4.55. The number of amides is 1. The first-order valence-corrected chi connectivity index (χ1v) is 11.0. The maximum atomic E-state index is 12.3. The van der Waals surface area contributed by atoms with Crippen molar-refractivity contribution in [3.05, 3.63) is 47.8 Å². The van der Waals surface area contributed by atoms with Crippen LogP contribution in [-0.4, -0.2) is 56.7 Å². The van der Waals surface area contributed by atoms with Crippen molar-refractivity contribution in [1.29, 1.82) is 0 Å². The van der Waals surface area contributed by atoms with Crippen molar-refractivity contribution in [3.8, 4) is 16.9 Å². The number of nitrogens with zero attached hydrogens (tertiary/aromatic N) is 5. The Morgan fingerprint density at radius 2 is 2.18 bits per heavy atom. The smallest absolute Gasteiger partial charge is 0.228 e. The lowest BCUT2D eigenvalue weighted by Gasteiger charge is -2.34. The van der Waals surface area contributed by atoms with E-state index < -0.39 is 0 Å². The van der Waals surface area contributed by atoms with E-state index in [9.17, 15) is 4.79 Å². The molecule has 2 aliphatic rings. The number of ether oxygens (including phenoxy) is 1. The fourth-order valence-corrected chi connectivity index (χ4v) is 4.77. The molecular weight excluding hydrogens is 420 g/mol. The highest BCUT2D eigenvalue weighted by Crippen LogP contribution is 2.40. The lowest BCUT2D eigenvalue weighted by atomic mass is 9.94. The summed E-state index contributed by atoms with van der Waals surface area (Å²) in [7, 11) is 0. The van der Waals surface area contributed by atoms with Gasteiger partial charge in [0.05, 0.1) is 38.1 Å². The summed E-state index contributed by atoms with van der Waals surface area (Å²) >= 11 is 0. The molecule has 1 aromatic carbocycles. The minimum Gasteiger partial charge on any atom is -0.377 e. The van der Waals surface area contributed by atoms with Crippen molar-refractivity contribution in [2.45, 2.75) is 25.9 Å². The van der Waals surface area contributed by atoms with Gasteiger partial charge in [-0.2, -0.15) is 14.9 Å². The van der Waals surface area contributed by atoms with E-state index in [1.54, 1.807) is 10.9 Å². The van der Waals surface area contributed by atoms with Crippen molar-refractivity contribution in [2.24, 2.45) is 5.73 Å². The molecule has 10 nitrogen and oxygen atoms in total. The summed E-state index contributed by atoms with van der Waals surface area (Å²) in [5, 5.41) is 15.5. The molecule has 4 aromatic rings. The van der Waals surface area contributed by atoms with Gasteiger partial charge in [0.2, 0.25) is 5.91 Å². The molecule has 168 valence electrons. The van der Waals surface area contributed by atoms with Crippen LogP contribution in [0.25, 0.3) is 28.0 Å². The standard InChI is InChI=1S/C23H24N8O2/c1-13-12-33-7-6-30(13)20-8-16(15-3-2-14(10-24)22-17(15)9-21(32)28-22)18-11-26-31(23(18)27-20)19-4-5-25-29-19/h2-5,8,11,13H,6-7,9-10,12,24H2,1H3,(H,25,29)(H,28,32)/t13-/m1/s1. The lowest BCUT2D eigenvalue weighted by molar-refractivity contribution is -0.115.